The summed E-state index contributed by atoms with van der Waals surface area (Å²) >= 11 is 0. The molecule has 0 saturated heterocycles. The van der Waals surface area contributed by atoms with Crippen LogP contribution in [0.2, 0.25) is 0 Å². The van der Waals surface area contributed by atoms with Crippen molar-refractivity contribution in [2.75, 3.05) is 46.1 Å². The van der Waals surface area contributed by atoms with Crippen LogP contribution in [0.1, 0.15) is 201 Å². The minimum absolute atomic E-state index is 0.386. The Balaban J connectivity index is 4.11. The molecule has 2 unspecified atom stereocenters. The number of rotatable bonds is 39. The van der Waals surface area contributed by atoms with E-state index < -0.39 is 12.2 Å². The normalized spacial score (nSPS) is 13.2. The average molecular weight is 642 g/mol. The zero-order valence-electron chi connectivity index (χ0n) is 31.1. The summed E-state index contributed by atoms with van der Waals surface area (Å²) in [6, 6.07) is 0. The van der Waals surface area contributed by atoms with Crippen molar-refractivity contribution < 1.29 is 19.7 Å². The lowest BCUT2D eigenvalue weighted by molar-refractivity contribution is -0.0113. The first-order valence-corrected chi connectivity index (χ1v) is 20.4. The summed E-state index contributed by atoms with van der Waals surface area (Å²) in [5.74, 6) is 0. The van der Waals surface area contributed by atoms with E-state index >= 15 is 0 Å². The van der Waals surface area contributed by atoms with Gasteiger partial charge in [-0.2, -0.15) is 0 Å². The van der Waals surface area contributed by atoms with Crippen LogP contribution in [0.15, 0.2) is 0 Å². The molecule has 0 spiro atoms. The van der Waals surface area contributed by atoms with Crippen molar-refractivity contribution >= 4 is 0 Å². The summed E-state index contributed by atoms with van der Waals surface area (Å²) in [5, 5.41) is 21.5. The van der Waals surface area contributed by atoms with Gasteiger partial charge in [0.25, 0.3) is 0 Å². The Morgan fingerprint density at radius 2 is 0.644 bits per heavy atom. The van der Waals surface area contributed by atoms with Gasteiger partial charge in [-0.15, -0.1) is 0 Å². The van der Waals surface area contributed by atoms with Gasteiger partial charge in [0.05, 0.1) is 25.4 Å². The third-order valence-electron chi connectivity index (χ3n) is 9.17. The Labute approximate surface area is 283 Å². The molecule has 0 bridgehead atoms. The second kappa shape index (κ2) is 38.2. The zero-order valence-corrected chi connectivity index (χ0v) is 31.1. The molecule has 0 aliphatic rings. The molecule has 45 heavy (non-hydrogen) atoms. The summed E-state index contributed by atoms with van der Waals surface area (Å²) < 4.78 is 11.7. The second-order valence-electron chi connectivity index (χ2n) is 14.1. The molecule has 0 aromatic rings. The maximum Gasteiger partial charge on any atom is 0.0900 e. The molecule has 0 radical (unpaired) electrons. The molecule has 0 aliphatic carbocycles. The van der Waals surface area contributed by atoms with E-state index in [9.17, 15) is 10.2 Å². The van der Waals surface area contributed by atoms with Crippen molar-refractivity contribution in [2.24, 2.45) is 0 Å². The average Bonchev–Trinajstić information content (AvgIpc) is 3.03. The van der Waals surface area contributed by atoms with Crippen molar-refractivity contribution in [3.8, 4) is 0 Å². The summed E-state index contributed by atoms with van der Waals surface area (Å²) in [4.78, 5) is 2.24. The molecule has 2 atom stereocenters. The number of aliphatic hydroxyl groups is 2. The predicted octanol–water partition coefficient (Wildman–Crippen LogP) is 11.0. The highest BCUT2D eigenvalue weighted by Gasteiger charge is 2.16. The van der Waals surface area contributed by atoms with Gasteiger partial charge in [-0.05, 0) is 25.8 Å². The van der Waals surface area contributed by atoms with Crippen LogP contribution in [-0.2, 0) is 9.47 Å². The van der Waals surface area contributed by atoms with Crippen LogP contribution in [0, 0.1) is 0 Å². The van der Waals surface area contributed by atoms with Crippen molar-refractivity contribution in [3.05, 3.63) is 0 Å². The van der Waals surface area contributed by atoms with Crippen LogP contribution in [-0.4, -0.2) is 73.4 Å². The quantitative estimate of drug-likeness (QED) is 0.0654. The smallest absolute Gasteiger partial charge is 0.0900 e. The topological polar surface area (TPSA) is 62.2 Å². The minimum Gasteiger partial charge on any atom is -0.389 e. The molecular formula is C40H83NO4. The molecule has 0 heterocycles. The molecule has 5 nitrogen and oxygen atoms in total. The minimum atomic E-state index is -0.512. The van der Waals surface area contributed by atoms with Gasteiger partial charge in [0.1, 0.15) is 0 Å². The summed E-state index contributed by atoms with van der Waals surface area (Å²) in [7, 11) is 0. The van der Waals surface area contributed by atoms with Gasteiger partial charge < -0.3 is 19.7 Å². The van der Waals surface area contributed by atoms with Crippen LogP contribution in [0.4, 0.5) is 0 Å². The molecule has 0 fully saturated rings. The molecule has 0 aliphatic heterocycles. The van der Waals surface area contributed by atoms with Gasteiger partial charge in [-0.25, -0.2) is 0 Å². The van der Waals surface area contributed by atoms with Gasteiger partial charge >= 0.3 is 0 Å². The molecule has 5 heteroatoms. The van der Waals surface area contributed by atoms with Gasteiger partial charge in [-0.3, -0.25) is 4.90 Å². The Morgan fingerprint density at radius 3 is 0.956 bits per heavy atom. The number of ether oxygens (including phenoxy) is 2. The first-order chi connectivity index (χ1) is 22.1. The Kier molecular flexibility index (Phi) is 38.1. The summed E-state index contributed by atoms with van der Waals surface area (Å²) in [6.07, 6.45) is 35.7. The number of hydrogen-bond donors (Lipinski definition) is 2. The number of nitrogens with zero attached hydrogens (tertiary/aromatic N) is 1. The lowest BCUT2D eigenvalue weighted by Gasteiger charge is -2.27. The Hall–Kier alpha value is -0.200. The van der Waals surface area contributed by atoms with Crippen molar-refractivity contribution in [1.82, 2.24) is 4.90 Å². The highest BCUT2D eigenvalue weighted by Crippen LogP contribution is 2.13. The van der Waals surface area contributed by atoms with Crippen LogP contribution in [0.3, 0.4) is 0 Å². The third kappa shape index (κ3) is 36.5. The van der Waals surface area contributed by atoms with Gasteiger partial charge in [0.2, 0.25) is 0 Å². The van der Waals surface area contributed by atoms with Crippen LogP contribution >= 0.6 is 0 Å². The maximum absolute atomic E-state index is 10.7. The van der Waals surface area contributed by atoms with Crippen molar-refractivity contribution in [3.63, 3.8) is 0 Å². The van der Waals surface area contributed by atoms with Crippen molar-refractivity contribution in [1.29, 1.82) is 0 Å². The standard InChI is InChI=1S/C40H83NO4/c1-4-7-10-13-16-19-21-24-27-30-33-44-37-39(42)35-41(32-29-26-23-18-15-12-9-6-3)36-40(43)38-45-34-31-28-25-22-20-17-14-11-8-5-2/h39-40,42-43H,4-38H2,1-3H3. The van der Waals surface area contributed by atoms with E-state index in [-0.39, 0.29) is 0 Å². The first-order valence-electron chi connectivity index (χ1n) is 20.4. The molecular weight excluding hydrogens is 558 g/mol. The summed E-state index contributed by atoms with van der Waals surface area (Å²) in [5.41, 5.74) is 0. The monoisotopic (exact) mass is 642 g/mol. The fourth-order valence-corrected chi connectivity index (χ4v) is 6.25. The van der Waals surface area contributed by atoms with Gasteiger partial charge in [0.15, 0.2) is 0 Å². The summed E-state index contributed by atoms with van der Waals surface area (Å²) in [6.45, 7) is 11.1. The zero-order chi connectivity index (χ0) is 32.9. The van der Waals surface area contributed by atoms with E-state index in [1.165, 1.54) is 161 Å². The third-order valence-corrected chi connectivity index (χ3v) is 9.17. The SMILES string of the molecule is CCCCCCCCCCCCOCC(O)CN(CCCCCCCCCC)CC(O)COCCCCCCCCCCCC. The van der Waals surface area contributed by atoms with Gasteiger partial charge in [0, 0.05) is 26.3 Å². The highest BCUT2D eigenvalue weighted by molar-refractivity contribution is 4.69. The number of unbranched alkanes of at least 4 members (excludes halogenated alkanes) is 25. The van der Waals surface area contributed by atoms with Crippen molar-refractivity contribution in [2.45, 2.75) is 213 Å². The van der Waals surface area contributed by atoms with Crippen LogP contribution in [0.5, 0.6) is 0 Å². The number of hydrogen-bond acceptors (Lipinski definition) is 5. The van der Waals surface area contributed by atoms with E-state index in [0.29, 0.717) is 26.3 Å². The maximum atomic E-state index is 10.7. The molecule has 0 aromatic heterocycles. The molecule has 272 valence electrons. The molecule has 0 aromatic carbocycles. The van der Waals surface area contributed by atoms with Crippen LogP contribution < -0.4 is 0 Å². The van der Waals surface area contributed by atoms with E-state index in [0.717, 1.165) is 39.0 Å². The molecule has 0 rings (SSSR count). The Bertz CT molecular complexity index is 498. The predicted molar refractivity (Wildman–Crippen MR) is 196 cm³/mol. The largest absolute Gasteiger partial charge is 0.389 e. The lowest BCUT2D eigenvalue weighted by atomic mass is 10.1. The fourth-order valence-electron chi connectivity index (χ4n) is 6.25. The molecule has 0 amide bonds. The highest BCUT2D eigenvalue weighted by atomic mass is 16.5. The van der Waals surface area contributed by atoms with E-state index in [1.54, 1.807) is 0 Å². The van der Waals surface area contributed by atoms with E-state index in [4.69, 9.17) is 9.47 Å². The lowest BCUT2D eigenvalue weighted by Crippen LogP contribution is -2.41. The van der Waals surface area contributed by atoms with E-state index in [2.05, 4.69) is 25.7 Å². The molecule has 0 saturated carbocycles. The Morgan fingerprint density at radius 1 is 0.378 bits per heavy atom. The number of aliphatic hydroxyl groups excluding tert-OH is 2. The first kappa shape index (κ1) is 44.8. The van der Waals surface area contributed by atoms with Crippen LogP contribution in [0.25, 0.3) is 0 Å². The second-order valence-corrected chi connectivity index (χ2v) is 14.1. The molecule has 2 N–H and O–H groups in total. The fraction of sp³-hybridized carbons (Fsp3) is 1.00. The van der Waals surface area contributed by atoms with E-state index in [1.807, 2.05) is 0 Å². The van der Waals surface area contributed by atoms with Gasteiger partial charge in [-0.1, -0.05) is 181 Å².